The van der Waals surface area contributed by atoms with Crippen LogP contribution in [0.2, 0.25) is 0 Å². The van der Waals surface area contributed by atoms with Crippen LogP contribution in [0, 0.1) is 0 Å². The molecule has 1 aromatic heterocycles. The van der Waals surface area contributed by atoms with Gasteiger partial charge in [-0.1, -0.05) is 30.3 Å². The maximum atomic E-state index is 9.95. The highest BCUT2D eigenvalue weighted by Gasteiger charge is 2.28. The van der Waals surface area contributed by atoms with Crippen LogP contribution in [-0.4, -0.2) is 21.8 Å². The summed E-state index contributed by atoms with van der Waals surface area (Å²) in [6.07, 6.45) is -0.151. The first kappa shape index (κ1) is 14.8. The number of methoxy groups -OCH3 is 1. The molecule has 2 N–H and O–H groups in total. The summed E-state index contributed by atoms with van der Waals surface area (Å²) in [5.74, 6) is 1.51. The fraction of sp³-hybridized carbons (Fsp3) is 0.0952. The first-order chi connectivity index (χ1) is 12.8. The summed E-state index contributed by atoms with van der Waals surface area (Å²) in [5.41, 5.74) is 5.11. The van der Waals surface area contributed by atoms with E-state index in [1.54, 1.807) is 13.2 Å². The Balaban J connectivity index is 1.79. The smallest absolute Gasteiger partial charge is 0.160 e. The van der Waals surface area contributed by atoms with Gasteiger partial charge in [-0.15, -0.1) is 0 Å². The Labute approximate surface area is 150 Å². The lowest BCUT2D eigenvalue weighted by molar-refractivity contribution is 0.372. The molecule has 3 aromatic carbocycles. The number of aromatic hydroxyl groups is 1. The summed E-state index contributed by atoms with van der Waals surface area (Å²) in [5, 5.41) is 13.6. The molecule has 0 saturated heterocycles. The molecule has 1 aliphatic heterocycles. The SMILES string of the molecule is COc1cc([C@H]2Nc3ccccc3-c3nc4ccccc4n32)ccc1O. The average Bonchev–Trinajstić information content (AvgIpc) is 3.08. The number of benzene rings is 3. The second kappa shape index (κ2) is 5.52. The van der Waals surface area contributed by atoms with Crippen molar-refractivity contribution in [2.24, 2.45) is 0 Å². The van der Waals surface area contributed by atoms with E-state index in [1.165, 1.54) is 0 Å². The molecule has 0 spiro atoms. The molecule has 26 heavy (non-hydrogen) atoms. The van der Waals surface area contributed by atoms with Gasteiger partial charge in [-0.2, -0.15) is 0 Å². The number of hydrogen-bond donors (Lipinski definition) is 2. The van der Waals surface area contributed by atoms with Gasteiger partial charge in [-0.3, -0.25) is 4.57 Å². The number of nitrogens with one attached hydrogen (secondary N) is 1. The van der Waals surface area contributed by atoms with Gasteiger partial charge in [0.1, 0.15) is 12.0 Å². The summed E-state index contributed by atoms with van der Waals surface area (Å²) in [4.78, 5) is 4.87. The van der Waals surface area contributed by atoms with Gasteiger partial charge in [0, 0.05) is 11.3 Å². The molecule has 5 nitrogen and oxygen atoms in total. The molecule has 5 heteroatoms. The van der Waals surface area contributed by atoms with E-state index >= 15 is 0 Å². The zero-order valence-corrected chi connectivity index (χ0v) is 14.2. The minimum atomic E-state index is -0.151. The van der Waals surface area contributed by atoms with E-state index in [2.05, 4.69) is 28.1 Å². The molecule has 0 saturated carbocycles. The van der Waals surface area contributed by atoms with Crippen LogP contribution in [0.3, 0.4) is 0 Å². The van der Waals surface area contributed by atoms with Gasteiger partial charge in [0.15, 0.2) is 11.5 Å². The first-order valence-electron chi connectivity index (χ1n) is 8.46. The normalized spacial score (nSPS) is 15.2. The van der Waals surface area contributed by atoms with E-state index in [9.17, 15) is 5.11 Å². The summed E-state index contributed by atoms with van der Waals surface area (Å²) in [6, 6.07) is 21.7. The first-order valence-corrected chi connectivity index (χ1v) is 8.46. The van der Waals surface area contributed by atoms with Crippen molar-refractivity contribution < 1.29 is 9.84 Å². The standard InChI is InChI=1S/C21H17N3O2/c1-26-19-12-13(10-11-18(19)25)20-22-15-7-3-2-6-14(15)21-23-16-8-4-5-9-17(16)24(20)21/h2-12,20,22,25H,1H3/t20-/m0/s1. The quantitative estimate of drug-likeness (QED) is 0.567. The Hall–Kier alpha value is -3.47. The number of rotatable bonds is 2. The van der Waals surface area contributed by atoms with Crippen molar-refractivity contribution in [3.8, 4) is 22.9 Å². The molecule has 2 heterocycles. The van der Waals surface area contributed by atoms with Crippen molar-refractivity contribution in [3.05, 3.63) is 72.3 Å². The summed E-state index contributed by atoms with van der Waals surface area (Å²) in [6.45, 7) is 0. The molecular formula is C21H17N3O2. The maximum Gasteiger partial charge on any atom is 0.160 e. The van der Waals surface area contributed by atoms with E-state index < -0.39 is 0 Å². The van der Waals surface area contributed by atoms with E-state index in [4.69, 9.17) is 9.72 Å². The third-order valence-corrected chi connectivity index (χ3v) is 4.83. The van der Waals surface area contributed by atoms with Gasteiger partial charge in [0.05, 0.1) is 18.1 Å². The minimum absolute atomic E-state index is 0.128. The van der Waals surface area contributed by atoms with E-state index in [1.807, 2.05) is 42.5 Å². The number of ether oxygens (including phenoxy) is 1. The van der Waals surface area contributed by atoms with E-state index in [0.29, 0.717) is 5.75 Å². The molecule has 0 aliphatic carbocycles. The fourth-order valence-corrected chi connectivity index (χ4v) is 3.61. The van der Waals surface area contributed by atoms with E-state index in [-0.39, 0.29) is 11.9 Å². The lowest BCUT2D eigenvalue weighted by Crippen LogP contribution is -2.24. The van der Waals surface area contributed by atoms with Crippen LogP contribution in [0.5, 0.6) is 11.5 Å². The molecule has 1 atom stereocenters. The van der Waals surface area contributed by atoms with Crippen molar-refractivity contribution in [1.29, 1.82) is 0 Å². The van der Waals surface area contributed by atoms with Crippen molar-refractivity contribution >= 4 is 16.7 Å². The molecule has 0 bridgehead atoms. The lowest BCUT2D eigenvalue weighted by Gasteiger charge is -2.30. The molecule has 0 radical (unpaired) electrons. The predicted molar refractivity (Wildman–Crippen MR) is 102 cm³/mol. The zero-order chi connectivity index (χ0) is 17.7. The van der Waals surface area contributed by atoms with Crippen LogP contribution in [0.15, 0.2) is 66.7 Å². The number of para-hydroxylation sites is 3. The second-order valence-electron chi connectivity index (χ2n) is 6.32. The van der Waals surface area contributed by atoms with Crippen molar-refractivity contribution in [3.63, 3.8) is 0 Å². The van der Waals surface area contributed by atoms with Crippen LogP contribution in [0.4, 0.5) is 5.69 Å². The fourth-order valence-electron chi connectivity index (χ4n) is 3.61. The Morgan fingerprint density at radius 1 is 1.04 bits per heavy atom. The molecule has 4 aromatic rings. The van der Waals surface area contributed by atoms with Crippen molar-refractivity contribution in [2.45, 2.75) is 6.17 Å². The maximum absolute atomic E-state index is 9.95. The van der Waals surface area contributed by atoms with Crippen LogP contribution in [0.1, 0.15) is 11.7 Å². The Morgan fingerprint density at radius 2 is 1.85 bits per heavy atom. The summed E-state index contributed by atoms with van der Waals surface area (Å²) in [7, 11) is 1.56. The molecule has 0 fully saturated rings. The Morgan fingerprint density at radius 3 is 2.73 bits per heavy atom. The zero-order valence-electron chi connectivity index (χ0n) is 14.2. The number of nitrogens with zero attached hydrogens (tertiary/aromatic N) is 2. The van der Waals surface area contributed by atoms with Gasteiger partial charge in [0.25, 0.3) is 0 Å². The number of hydrogen-bond acceptors (Lipinski definition) is 4. The Bertz CT molecular complexity index is 1130. The number of phenols is 1. The highest BCUT2D eigenvalue weighted by molar-refractivity contribution is 5.86. The molecule has 5 rings (SSSR count). The van der Waals surface area contributed by atoms with Crippen molar-refractivity contribution in [1.82, 2.24) is 9.55 Å². The molecule has 0 amide bonds. The highest BCUT2D eigenvalue weighted by atomic mass is 16.5. The number of phenolic OH excluding ortho intramolecular Hbond substituents is 1. The minimum Gasteiger partial charge on any atom is -0.504 e. The molecule has 0 unspecified atom stereocenters. The summed E-state index contributed by atoms with van der Waals surface area (Å²) >= 11 is 0. The third-order valence-electron chi connectivity index (χ3n) is 4.83. The lowest BCUT2D eigenvalue weighted by atomic mass is 10.1. The van der Waals surface area contributed by atoms with Gasteiger partial charge in [-0.05, 0) is 42.0 Å². The number of anilines is 1. The summed E-state index contributed by atoms with van der Waals surface area (Å²) < 4.78 is 7.50. The average molecular weight is 343 g/mol. The number of imidazole rings is 1. The third kappa shape index (κ3) is 2.07. The van der Waals surface area contributed by atoms with Gasteiger partial charge in [-0.25, -0.2) is 4.98 Å². The topological polar surface area (TPSA) is 59.3 Å². The highest BCUT2D eigenvalue weighted by Crippen LogP contribution is 2.41. The monoisotopic (exact) mass is 343 g/mol. The van der Waals surface area contributed by atoms with Crippen molar-refractivity contribution in [2.75, 3.05) is 12.4 Å². The van der Waals surface area contributed by atoms with Gasteiger partial charge in [0.2, 0.25) is 0 Å². The number of fused-ring (bicyclic) bond motifs is 5. The van der Waals surface area contributed by atoms with Gasteiger partial charge < -0.3 is 15.2 Å². The number of aromatic nitrogens is 2. The van der Waals surface area contributed by atoms with Crippen LogP contribution in [0.25, 0.3) is 22.4 Å². The molecular weight excluding hydrogens is 326 g/mol. The van der Waals surface area contributed by atoms with Crippen LogP contribution < -0.4 is 10.1 Å². The Kier molecular flexibility index (Phi) is 3.15. The molecule has 128 valence electrons. The van der Waals surface area contributed by atoms with Gasteiger partial charge >= 0.3 is 0 Å². The largest absolute Gasteiger partial charge is 0.504 e. The molecule has 1 aliphatic rings. The van der Waals surface area contributed by atoms with Crippen LogP contribution >= 0.6 is 0 Å². The van der Waals surface area contributed by atoms with E-state index in [0.717, 1.165) is 33.7 Å². The predicted octanol–water partition coefficient (Wildman–Crippen LogP) is 4.39. The van der Waals surface area contributed by atoms with Crippen LogP contribution in [-0.2, 0) is 0 Å². The second-order valence-corrected chi connectivity index (χ2v) is 6.32.